The normalized spacial score (nSPS) is 11.7. The standard InChI is InChI=1S/C39H33BO/c1-28-17-21-31(22-18-28)38(36-15-9-10-16-37(36)41-3)39(33-24-23-30-11-7-8-12-32(30)27-33)40(34-13-5-4-6-14-34)35-25-19-29(2)20-26-35/h4-27H,1-3H3/b39-38-. The summed E-state index contributed by atoms with van der Waals surface area (Å²) >= 11 is 0. The maximum absolute atomic E-state index is 6.00. The molecular weight excluding hydrogens is 495 g/mol. The number of hydrogen-bond donors (Lipinski definition) is 0. The predicted molar refractivity (Wildman–Crippen MR) is 177 cm³/mol. The molecule has 0 N–H and O–H groups in total. The fourth-order valence-electron chi connectivity index (χ4n) is 5.77. The van der Waals surface area contributed by atoms with E-state index in [0.717, 1.165) is 16.9 Å². The highest BCUT2D eigenvalue weighted by molar-refractivity contribution is 7.01. The van der Waals surface area contributed by atoms with Gasteiger partial charge in [0, 0.05) is 5.56 Å². The molecule has 0 spiro atoms. The van der Waals surface area contributed by atoms with Gasteiger partial charge in [-0.1, -0.05) is 161 Å². The highest BCUT2D eigenvalue weighted by Gasteiger charge is 2.30. The lowest BCUT2D eigenvalue weighted by molar-refractivity contribution is 0.413. The highest BCUT2D eigenvalue weighted by atomic mass is 16.5. The molecule has 0 aliphatic rings. The van der Waals surface area contributed by atoms with Crippen molar-refractivity contribution >= 4 is 39.5 Å². The van der Waals surface area contributed by atoms with E-state index in [0.29, 0.717) is 0 Å². The molecule has 6 aromatic carbocycles. The first kappa shape index (κ1) is 26.4. The summed E-state index contributed by atoms with van der Waals surface area (Å²) in [7, 11) is 1.76. The molecule has 0 bridgehead atoms. The second-order valence-corrected chi connectivity index (χ2v) is 10.7. The van der Waals surface area contributed by atoms with Crippen LogP contribution in [0.4, 0.5) is 0 Å². The molecule has 198 valence electrons. The lowest BCUT2D eigenvalue weighted by atomic mass is 9.34. The Morgan fingerprint density at radius 1 is 0.512 bits per heavy atom. The van der Waals surface area contributed by atoms with Gasteiger partial charge in [-0.15, -0.1) is 0 Å². The summed E-state index contributed by atoms with van der Waals surface area (Å²) in [5.74, 6) is 0.858. The van der Waals surface area contributed by atoms with Gasteiger partial charge in [0.1, 0.15) is 5.75 Å². The van der Waals surface area contributed by atoms with Crippen molar-refractivity contribution in [3.63, 3.8) is 0 Å². The number of ether oxygens (including phenoxy) is 1. The van der Waals surface area contributed by atoms with Crippen molar-refractivity contribution in [2.45, 2.75) is 13.8 Å². The van der Waals surface area contributed by atoms with E-state index in [1.807, 2.05) is 6.07 Å². The van der Waals surface area contributed by atoms with E-state index in [-0.39, 0.29) is 6.71 Å². The molecule has 0 unspecified atom stereocenters. The van der Waals surface area contributed by atoms with Gasteiger partial charge in [0.15, 0.2) is 0 Å². The summed E-state index contributed by atoms with van der Waals surface area (Å²) in [6, 6.07) is 52.6. The van der Waals surface area contributed by atoms with Gasteiger partial charge in [-0.05, 0) is 53.5 Å². The van der Waals surface area contributed by atoms with Gasteiger partial charge in [0.25, 0.3) is 0 Å². The van der Waals surface area contributed by atoms with E-state index < -0.39 is 0 Å². The highest BCUT2D eigenvalue weighted by Crippen LogP contribution is 2.39. The molecule has 0 aromatic heterocycles. The van der Waals surface area contributed by atoms with Gasteiger partial charge in [-0.2, -0.15) is 0 Å². The third kappa shape index (κ3) is 5.47. The molecule has 0 aliphatic carbocycles. The molecule has 0 aliphatic heterocycles. The molecule has 2 heteroatoms. The topological polar surface area (TPSA) is 9.23 Å². The summed E-state index contributed by atoms with van der Waals surface area (Å²) < 4.78 is 6.00. The van der Waals surface area contributed by atoms with E-state index >= 15 is 0 Å². The van der Waals surface area contributed by atoms with Crippen LogP contribution >= 0.6 is 0 Å². The van der Waals surface area contributed by atoms with Crippen LogP contribution in [0.3, 0.4) is 0 Å². The van der Waals surface area contributed by atoms with Crippen molar-refractivity contribution in [1.29, 1.82) is 0 Å². The third-order valence-corrected chi connectivity index (χ3v) is 7.88. The first-order valence-electron chi connectivity index (χ1n) is 14.2. The van der Waals surface area contributed by atoms with Crippen LogP contribution in [0.5, 0.6) is 5.75 Å². The SMILES string of the molecule is COc1ccccc1/C(=C(\B(c1ccccc1)c1ccc(C)cc1)c1ccc2ccccc2c1)c1ccc(C)cc1. The van der Waals surface area contributed by atoms with Gasteiger partial charge < -0.3 is 4.74 Å². The van der Waals surface area contributed by atoms with E-state index in [1.165, 1.54) is 49.4 Å². The van der Waals surface area contributed by atoms with Gasteiger partial charge in [-0.25, -0.2) is 0 Å². The summed E-state index contributed by atoms with van der Waals surface area (Å²) in [6.45, 7) is 4.27. The van der Waals surface area contributed by atoms with Crippen LogP contribution in [-0.4, -0.2) is 13.8 Å². The first-order chi connectivity index (χ1) is 20.1. The molecule has 0 atom stereocenters. The average molecular weight is 529 g/mol. The molecule has 0 heterocycles. The van der Waals surface area contributed by atoms with Crippen molar-refractivity contribution in [3.05, 3.63) is 173 Å². The summed E-state index contributed by atoms with van der Waals surface area (Å²) in [6.07, 6.45) is 0. The van der Waals surface area contributed by atoms with Crippen molar-refractivity contribution in [1.82, 2.24) is 0 Å². The number of aryl methyl sites for hydroxylation is 2. The summed E-state index contributed by atoms with van der Waals surface area (Å²) in [5, 5.41) is 2.46. The number of methoxy groups -OCH3 is 1. The number of benzene rings is 6. The Bertz CT molecular complexity index is 1820. The van der Waals surface area contributed by atoms with Crippen molar-refractivity contribution < 1.29 is 4.74 Å². The molecule has 0 amide bonds. The van der Waals surface area contributed by atoms with Gasteiger partial charge >= 0.3 is 0 Å². The van der Waals surface area contributed by atoms with E-state index in [2.05, 4.69) is 153 Å². The zero-order valence-corrected chi connectivity index (χ0v) is 23.8. The van der Waals surface area contributed by atoms with Crippen molar-refractivity contribution in [2.75, 3.05) is 7.11 Å². The predicted octanol–water partition coefficient (Wildman–Crippen LogP) is 8.27. The monoisotopic (exact) mass is 528 g/mol. The lowest BCUT2D eigenvalue weighted by Gasteiger charge is -2.26. The molecule has 6 rings (SSSR count). The van der Waals surface area contributed by atoms with E-state index in [4.69, 9.17) is 4.74 Å². The quantitative estimate of drug-likeness (QED) is 0.150. The maximum Gasteiger partial charge on any atom is 0.242 e. The second kappa shape index (κ2) is 11.7. The fourth-order valence-corrected chi connectivity index (χ4v) is 5.77. The van der Waals surface area contributed by atoms with Crippen LogP contribution in [0.25, 0.3) is 21.8 Å². The Hall–Kier alpha value is -4.82. The molecule has 41 heavy (non-hydrogen) atoms. The zero-order valence-electron chi connectivity index (χ0n) is 23.8. The zero-order chi connectivity index (χ0) is 28.2. The van der Waals surface area contributed by atoms with E-state index in [1.54, 1.807) is 7.11 Å². The smallest absolute Gasteiger partial charge is 0.242 e. The second-order valence-electron chi connectivity index (χ2n) is 10.7. The first-order valence-corrected chi connectivity index (χ1v) is 14.2. The Labute approximate surface area is 243 Å². The van der Waals surface area contributed by atoms with Crippen LogP contribution in [0.2, 0.25) is 0 Å². The minimum Gasteiger partial charge on any atom is -0.496 e. The van der Waals surface area contributed by atoms with Crippen LogP contribution in [0.1, 0.15) is 27.8 Å². The largest absolute Gasteiger partial charge is 0.496 e. The Kier molecular flexibility index (Phi) is 7.56. The van der Waals surface area contributed by atoms with Gasteiger partial charge in [-0.3, -0.25) is 0 Å². The van der Waals surface area contributed by atoms with Crippen LogP contribution in [-0.2, 0) is 0 Å². The minimum atomic E-state index is -0.0147. The third-order valence-electron chi connectivity index (χ3n) is 7.88. The molecule has 0 radical (unpaired) electrons. The number of fused-ring (bicyclic) bond motifs is 1. The lowest BCUT2D eigenvalue weighted by Crippen LogP contribution is -2.44. The Balaban J connectivity index is 1.79. The van der Waals surface area contributed by atoms with Crippen LogP contribution in [0.15, 0.2) is 146 Å². The minimum absolute atomic E-state index is 0.0147. The average Bonchev–Trinajstić information content (AvgIpc) is 3.03. The van der Waals surface area contributed by atoms with Gasteiger partial charge in [0.2, 0.25) is 6.71 Å². The summed E-state index contributed by atoms with van der Waals surface area (Å²) in [5.41, 5.74) is 10.8. The van der Waals surface area contributed by atoms with Crippen LogP contribution in [0, 0.1) is 13.8 Å². The van der Waals surface area contributed by atoms with Crippen molar-refractivity contribution in [3.8, 4) is 5.75 Å². The molecular formula is C39H33BO. The molecule has 1 nitrogen and oxygen atoms in total. The van der Waals surface area contributed by atoms with Crippen molar-refractivity contribution in [2.24, 2.45) is 0 Å². The molecule has 0 fully saturated rings. The number of para-hydroxylation sites is 1. The summed E-state index contributed by atoms with van der Waals surface area (Å²) in [4.78, 5) is 0. The Morgan fingerprint density at radius 3 is 1.78 bits per heavy atom. The van der Waals surface area contributed by atoms with E-state index in [9.17, 15) is 0 Å². The molecule has 0 saturated carbocycles. The number of rotatable bonds is 7. The maximum atomic E-state index is 6.00. The van der Waals surface area contributed by atoms with Crippen LogP contribution < -0.4 is 15.7 Å². The van der Waals surface area contributed by atoms with Gasteiger partial charge in [0.05, 0.1) is 7.11 Å². The number of hydrogen-bond acceptors (Lipinski definition) is 1. The molecule has 0 saturated heterocycles. The Morgan fingerprint density at radius 2 is 1.07 bits per heavy atom. The fraction of sp³-hybridized carbons (Fsp3) is 0.0769. The molecule has 6 aromatic rings.